The fraction of sp³-hybridized carbons (Fsp3) is 0.500. The molecule has 0 spiro atoms. The number of nitrogens with two attached hydrogens (primary N) is 1. The van der Waals surface area contributed by atoms with Crippen molar-refractivity contribution >= 4 is 28.5 Å². The number of hydrogen-bond donors (Lipinski definition) is 2. The third-order valence-electron chi connectivity index (χ3n) is 11.3. The molecule has 2 aromatic carbocycles. The zero-order valence-electron chi connectivity index (χ0n) is 32.2. The molecule has 0 saturated carbocycles. The molecular weight excluding hydrogens is 667 g/mol. The average Bonchev–Trinajstić information content (AvgIpc) is 3.47. The fourth-order valence-electron chi connectivity index (χ4n) is 8.18. The standard InChI is InChI=1S/C42H55N7O4/c1-7-48-37-14-13-30-22-32(37)34(39(48)33-23-31(25-44-38(33)27(2)52-6)47-18-16-46(5)17-19-47)24-42(3,4)26-53-41(51)36-12-9-15-49(45-36)40(50)35(43)21-28-10-8-11-29(30)20-28/h8,10-11,13-14,20,22-23,25,27,35-36,45H,7,9,12,15-19,21,24,26,43H2,1-6H3/t27-,35-,36-/m0/s1. The second-order valence-corrected chi connectivity index (χ2v) is 15.9. The monoisotopic (exact) mass is 721 g/mol. The van der Waals surface area contributed by atoms with Crippen LogP contribution in [0.15, 0.2) is 54.7 Å². The van der Waals surface area contributed by atoms with Crippen molar-refractivity contribution in [2.45, 2.75) is 78.1 Å². The van der Waals surface area contributed by atoms with E-state index in [0.717, 1.165) is 83.0 Å². The minimum Gasteiger partial charge on any atom is -0.464 e. The van der Waals surface area contributed by atoms with E-state index in [-0.39, 0.29) is 24.6 Å². The van der Waals surface area contributed by atoms with Crippen molar-refractivity contribution in [2.24, 2.45) is 11.1 Å². The molecule has 0 unspecified atom stereocenters. The van der Waals surface area contributed by atoms with Crippen molar-refractivity contribution in [3.05, 3.63) is 71.5 Å². The molecule has 282 valence electrons. The van der Waals surface area contributed by atoms with Gasteiger partial charge in [-0.2, -0.15) is 0 Å². The Balaban J connectivity index is 1.42. The molecule has 3 aliphatic rings. The molecule has 3 atom stereocenters. The molecule has 3 aliphatic heterocycles. The van der Waals surface area contributed by atoms with Gasteiger partial charge in [0.15, 0.2) is 0 Å². The molecule has 2 saturated heterocycles. The zero-order chi connectivity index (χ0) is 37.4. The highest BCUT2D eigenvalue weighted by molar-refractivity contribution is 5.95. The van der Waals surface area contributed by atoms with E-state index in [0.29, 0.717) is 32.2 Å². The Kier molecular flexibility index (Phi) is 10.6. The largest absolute Gasteiger partial charge is 0.464 e. The van der Waals surface area contributed by atoms with Crippen LogP contribution < -0.4 is 16.1 Å². The first kappa shape index (κ1) is 37.0. The second-order valence-electron chi connectivity index (χ2n) is 15.9. The van der Waals surface area contributed by atoms with Gasteiger partial charge < -0.3 is 29.6 Å². The molecule has 11 nitrogen and oxygen atoms in total. The number of esters is 1. The van der Waals surface area contributed by atoms with E-state index in [9.17, 15) is 9.59 Å². The Bertz CT molecular complexity index is 1980. The van der Waals surface area contributed by atoms with Crippen LogP contribution in [0.4, 0.5) is 5.69 Å². The number of nitrogens with one attached hydrogen (secondary N) is 1. The van der Waals surface area contributed by atoms with E-state index in [2.05, 4.69) is 90.9 Å². The molecule has 1 amide bonds. The summed E-state index contributed by atoms with van der Waals surface area (Å²) in [6.45, 7) is 13.9. The van der Waals surface area contributed by atoms with E-state index in [1.165, 1.54) is 10.6 Å². The second kappa shape index (κ2) is 15.2. The zero-order valence-corrected chi connectivity index (χ0v) is 32.2. The number of rotatable bonds is 5. The van der Waals surface area contributed by atoms with Gasteiger partial charge in [0.25, 0.3) is 5.91 Å². The fourth-order valence-corrected chi connectivity index (χ4v) is 8.18. The number of methoxy groups -OCH3 is 1. The number of pyridine rings is 1. The number of carbonyl (C=O) groups is 2. The number of fused-ring (bicyclic) bond motifs is 6. The first-order valence-corrected chi connectivity index (χ1v) is 19.2. The summed E-state index contributed by atoms with van der Waals surface area (Å²) in [6, 6.07) is 16.0. The van der Waals surface area contributed by atoms with Gasteiger partial charge in [-0.3, -0.25) is 19.6 Å². The summed E-state index contributed by atoms with van der Waals surface area (Å²) in [5.41, 5.74) is 18.9. The Morgan fingerprint density at radius 3 is 2.58 bits per heavy atom. The number of hydrazine groups is 1. The van der Waals surface area contributed by atoms with Gasteiger partial charge >= 0.3 is 5.97 Å². The van der Waals surface area contributed by atoms with Crippen molar-refractivity contribution in [1.29, 1.82) is 0 Å². The highest BCUT2D eigenvalue weighted by Gasteiger charge is 2.34. The van der Waals surface area contributed by atoms with Crippen LogP contribution in [0.25, 0.3) is 33.3 Å². The summed E-state index contributed by atoms with van der Waals surface area (Å²) in [4.78, 5) is 36.9. The predicted octanol–water partition coefficient (Wildman–Crippen LogP) is 5.34. The lowest BCUT2D eigenvalue weighted by Gasteiger charge is -2.35. The summed E-state index contributed by atoms with van der Waals surface area (Å²) < 4.78 is 14.4. The van der Waals surface area contributed by atoms with E-state index in [1.54, 1.807) is 7.11 Å². The van der Waals surface area contributed by atoms with E-state index < -0.39 is 17.5 Å². The SMILES string of the molecule is CCn1c(-c2cc(N3CCN(C)CC3)cnc2[C@H](C)OC)c2c3cc(ccc31)-c1cccc(c1)C[C@H](N)C(=O)N1CCC[C@H](N1)C(=O)OCC(C)(C)C2. The quantitative estimate of drug-likeness (QED) is 0.264. The number of carbonyl (C=O) groups excluding carboxylic acids is 2. The summed E-state index contributed by atoms with van der Waals surface area (Å²) in [5.74, 6) is -0.570. The first-order chi connectivity index (χ1) is 25.5. The number of aryl methyl sites for hydroxylation is 1. The normalized spacial score (nSPS) is 22.1. The van der Waals surface area contributed by atoms with Gasteiger partial charge in [0.1, 0.15) is 6.04 Å². The average molecular weight is 722 g/mol. The number of piperazine rings is 1. The van der Waals surface area contributed by atoms with Gasteiger partial charge in [-0.1, -0.05) is 44.2 Å². The van der Waals surface area contributed by atoms with E-state index >= 15 is 0 Å². The van der Waals surface area contributed by atoms with Gasteiger partial charge in [-0.15, -0.1) is 0 Å². The lowest BCUT2D eigenvalue weighted by atomic mass is 9.84. The van der Waals surface area contributed by atoms with Gasteiger partial charge in [-0.05, 0) is 87.0 Å². The van der Waals surface area contributed by atoms with Crippen LogP contribution in [0.2, 0.25) is 0 Å². The number of aromatic nitrogens is 2. The van der Waals surface area contributed by atoms with E-state index in [4.69, 9.17) is 20.2 Å². The molecule has 0 aliphatic carbocycles. The molecule has 2 fully saturated rings. The van der Waals surface area contributed by atoms with E-state index in [1.807, 2.05) is 18.3 Å². The Morgan fingerprint density at radius 2 is 1.83 bits per heavy atom. The number of hydrogen-bond acceptors (Lipinski definition) is 9. The van der Waals surface area contributed by atoms with Crippen LogP contribution in [0.1, 0.15) is 63.5 Å². The number of likely N-dealkylation sites (N-methyl/N-ethyl adjacent to an activating group) is 1. The summed E-state index contributed by atoms with van der Waals surface area (Å²) in [7, 11) is 3.91. The smallest absolute Gasteiger partial charge is 0.324 e. The molecular formula is C42H55N7O4. The van der Waals surface area contributed by atoms with Crippen LogP contribution in [-0.2, 0) is 38.4 Å². The maximum absolute atomic E-state index is 13.6. The van der Waals surface area contributed by atoms with Crippen molar-refractivity contribution in [3.8, 4) is 22.4 Å². The Hall–Kier alpha value is -4.29. The van der Waals surface area contributed by atoms with Gasteiger partial charge in [-0.25, -0.2) is 5.43 Å². The van der Waals surface area contributed by atoms with Crippen LogP contribution in [0.5, 0.6) is 0 Å². The van der Waals surface area contributed by atoms with Crippen molar-refractivity contribution < 1.29 is 19.1 Å². The maximum atomic E-state index is 13.6. The van der Waals surface area contributed by atoms with Gasteiger partial charge in [0.2, 0.25) is 0 Å². The van der Waals surface area contributed by atoms with Crippen LogP contribution >= 0.6 is 0 Å². The molecule has 4 aromatic rings. The first-order valence-electron chi connectivity index (χ1n) is 19.2. The minimum atomic E-state index is -0.750. The summed E-state index contributed by atoms with van der Waals surface area (Å²) >= 11 is 0. The van der Waals surface area contributed by atoms with Crippen LogP contribution in [-0.4, -0.2) is 96.9 Å². The number of ether oxygens (including phenoxy) is 2. The molecule has 7 rings (SSSR count). The molecule has 53 heavy (non-hydrogen) atoms. The van der Waals surface area contributed by atoms with Crippen molar-refractivity contribution in [2.75, 3.05) is 58.4 Å². The number of amides is 1. The highest BCUT2D eigenvalue weighted by Crippen LogP contribution is 2.43. The number of anilines is 1. The molecule has 0 radical (unpaired) electrons. The van der Waals surface area contributed by atoms with Crippen molar-refractivity contribution in [3.63, 3.8) is 0 Å². The van der Waals surface area contributed by atoms with Crippen LogP contribution in [0.3, 0.4) is 0 Å². The lowest BCUT2D eigenvalue weighted by molar-refractivity contribution is -0.154. The minimum absolute atomic E-state index is 0.220. The summed E-state index contributed by atoms with van der Waals surface area (Å²) in [5, 5.41) is 2.67. The third kappa shape index (κ3) is 7.58. The Labute approximate surface area is 313 Å². The number of cyclic esters (lactones) is 1. The topological polar surface area (TPSA) is 118 Å². The van der Waals surface area contributed by atoms with Gasteiger partial charge in [0, 0.05) is 68.3 Å². The number of benzene rings is 2. The van der Waals surface area contributed by atoms with Crippen molar-refractivity contribution in [1.82, 2.24) is 24.9 Å². The summed E-state index contributed by atoms with van der Waals surface area (Å²) in [6.07, 6.45) is 4.09. The molecule has 3 N–H and O–H groups in total. The number of nitrogens with zero attached hydrogens (tertiary/aromatic N) is 5. The third-order valence-corrected chi connectivity index (χ3v) is 11.3. The molecule has 2 aromatic heterocycles. The lowest BCUT2D eigenvalue weighted by Crippen LogP contribution is -2.59. The molecule has 5 heterocycles. The maximum Gasteiger partial charge on any atom is 0.324 e. The predicted molar refractivity (Wildman–Crippen MR) is 209 cm³/mol. The highest BCUT2D eigenvalue weighted by atomic mass is 16.5. The molecule has 6 bridgehead atoms. The van der Waals surface area contributed by atoms with Gasteiger partial charge in [0.05, 0.1) is 42.0 Å². The Morgan fingerprint density at radius 1 is 1.06 bits per heavy atom. The molecule has 11 heteroatoms. The van der Waals surface area contributed by atoms with Crippen LogP contribution in [0, 0.1) is 5.41 Å².